The first-order valence-corrected chi connectivity index (χ1v) is 6.84. The van der Waals surface area contributed by atoms with Gasteiger partial charge in [-0.05, 0) is 28.9 Å². The van der Waals surface area contributed by atoms with Crippen LogP contribution in [0.3, 0.4) is 0 Å². The van der Waals surface area contributed by atoms with E-state index in [2.05, 4.69) is 31.2 Å². The molecule has 0 spiro atoms. The topological polar surface area (TPSA) is 124 Å². The molecular weight excluding hydrogens is 346 g/mol. The zero-order valence-corrected chi connectivity index (χ0v) is 12.6. The van der Waals surface area contributed by atoms with E-state index in [1.165, 1.54) is 6.34 Å². The Bertz CT molecular complexity index is 587. The van der Waals surface area contributed by atoms with Crippen LogP contribution in [-0.2, 0) is 9.53 Å². The van der Waals surface area contributed by atoms with Crippen molar-refractivity contribution in [2.45, 2.75) is 24.6 Å². The molecule has 0 aromatic carbocycles. The van der Waals surface area contributed by atoms with Gasteiger partial charge in [0, 0.05) is 10.7 Å². The van der Waals surface area contributed by atoms with Gasteiger partial charge in [0.05, 0.1) is 11.9 Å². The number of hydrogen-bond acceptors (Lipinski definition) is 6. The molecule has 3 atom stereocenters. The number of aliphatic hydroxyl groups is 1. The van der Waals surface area contributed by atoms with Crippen molar-refractivity contribution < 1.29 is 24.5 Å². The lowest BCUT2D eigenvalue weighted by Gasteiger charge is -2.38. The number of halogens is 1. The van der Waals surface area contributed by atoms with Crippen LogP contribution in [0.2, 0.25) is 0 Å². The van der Waals surface area contributed by atoms with E-state index < -0.39 is 29.6 Å². The number of aliphatic imine (C=N–C) groups is 1. The van der Waals surface area contributed by atoms with Crippen LogP contribution in [0, 0.1) is 0 Å². The van der Waals surface area contributed by atoms with E-state index in [0.717, 1.165) is 0 Å². The number of carboxylic acids is 1. The molecule has 0 saturated carbocycles. The Morgan fingerprint density at radius 1 is 1.57 bits per heavy atom. The van der Waals surface area contributed by atoms with Gasteiger partial charge in [0.25, 0.3) is 0 Å². The van der Waals surface area contributed by atoms with Crippen LogP contribution < -0.4 is 5.32 Å². The van der Waals surface area contributed by atoms with Crippen molar-refractivity contribution >= 4 is 34.2 Å². The molecule has 21 heavy (non-hydrogen) atoms. The highest BCUT2D eigenvalue weighted by Gasteiger charge is 2.44. The van der Waals surface area contributed by atoms with Crippen molar-refractivity contribution in [3.8, 4) is 0 Å². The highest BCUT2D eigenvalue weighted by atomic mass is 79.9. The van der Waals surface area contributed by atoms with E-state index in [-0.39, 0.29) is 12.3 Å². The number of hydrogen-bond donors (Lipinski definition) is 4. The maximum Gasteiger partial charge on any atom is 0.354 e. The van der Waals surface area contributed by atoms with Crippen molar-refractivity contribution in [2.75, 3.05) is 6.61 Å². The van der Waals surface area contributed by atoms with Crippen LogP contribution in [0.4, 0.5) is 0 Å². The van der Waals surface area contributed by atoms with Crippen LogP contribution in [0.15, 0.2) is 21.7 Å². The Labute approximate surface area is 128 Å². The molecule has 0 bridgehead atoms. The molecule has 1 aliphatic rings. The Morgan fingerprint density at radius 3 is 2.86 bits per heavy atom. The number of rotatable bonds is 4. The average molecular weight is 360 g/mol. The van der Waals surface area contributed by atoms with Crippen molar-refractivity contribution in [1.82, 2.24) is 10.3 Å². The second-order valence-electron chi connectivity index (χ2n) is 4.88. The monoisotopic (exact) mass is 359 g/mol. The lowest BCUT2D eigenvalue weighted by Crippen LogP contribution is -2.63. The maximum atomic E-state index is 11.8. The van der Waals surface area contributed by atoms with Gasteiger partial charge in [0.1, 0.15) is 18.4 Å². The Balaban J connectivity index is 2.03. The fourth-order valence-corrected chi connectivity index (χ4v) is 2.23. The number of aromatic amines is 1. The summed E-state index contributed by atoms with van der Waals surface area (Å²) < 4.78 is 5.82. The first-order chi connectivity index (χ1) is 9.83. The summed E-state index contributed by atoms with van der Waals surface area (Å²) in [6.45, 7) is 1.34. The number of ether oxygens (including phenoxy) is 1. The Morgan fingerprint density at radius 2 is 2.29 bits per heavy atom. The molecule has 114 valence electrons. The molecule has 0 aliphatic carbocycles. The van der Waals surface area contributed by atoms with Gasteiger partial charge in [0.15, 0.2) is 6.04 Å². The molecular formula is C12H14BrN3O5. The highest BCUT2D eigenvalue weighted by molar-refractivity contribution is 9.10. The summed E-state index contributed by atoms with van der Waals surface area (Å²) in [5, 5.41) is 21.8. The summed E-state index contributed by atoms with van der Waals surface area (Å²) in [5.74, 6) is -1.85. The minimum atomic E-state index is -1.33. The minimum absolute atomic E-state index is 0.209. The number of nitrogens with zero attached hydrogens (tertiary/aromatic N) is 1. The van der Waals surface area contributed by atoms with Crippen LogP contribution in [0.5, 0.6) is 0 Å². The predicted octanol–water partition coefficient (Wildman–Crippen LogP) is 0.138. The molecule has 2 rings (SSSR count). The third-order valence-electron chi connectivity index (χ3n) is 3.21. The molecule has 4 N–H and O–H groups in total. The fourth-order valence-electron chi connectivity index (χ4n) is 1.89. The normalized spacial score (nSPS) is 28.0. The standard InChI is InChI=1S/C12H14BrN3O5/c1-12(9(17)8(10(18)19)15-5-16-12)4-21-11(20)7-2-6(13)3-14-7/h2-3,5,8-9,14,17H,4H2,1H3,(H,15,16)(H,18,19)/t8-,9-,12+/m1/s1. The second kappa shape index (κ2) is 5.86. The van der Waals surface area contributed by atoms with Gasteiger partial charge >= 0.3 is 11.9 Å². The maximum absolute atomic E-state index is 11.8. The molecule has 0 radical (unpaired) electrons. The number of esters is 1. The van der Waals surface area contributed by atoms with E-state index in [9.17, 15) is 14.7 Å². The molecule has 1 aliphatic heterocycles. The van der Waals surface area contributed by atoms with Gasteiger partial charge in [0.2, 0.25) is 0 Å². The number of aliphatic carboxylic acids is 1. The molecule has 0 saturated heterocycles. The molecule has 0 fully saturated rings. The molecule has 1 aromatic heterocycles. The summed E-state index contributed by atoms with van der Waals surface area (Å²) in [4.78, 5) is 29.2. The molecule has 2 heterocycles. The number of H-pyrrole nitrogens is 1. The van der Waals surface area contributed by atoms with Crippen molar-refractivity contribution in [3.63, 3.8) is 0 Å². The van der Waals surface area contributed by atoms with E-state index in [4.69, 9.17) is 9.84 Å². The minimum Gasteiger partial charge on any atom is -0.480 e. The molecule has 0 unspecified atom stereocenters. The zero-order chi connectivity index (χ0) is 15.6. The quantitative estimate of drug-likeness (QED) is 0.566. The van der Waals surface area contributed by atoms with E-state index in [1.807, 2.05) is 0 Å². The number of carboxylic acid groups (broad SMARTS) is 1. The van der Waals surface area contributed by atoms with Crippen LogP contribution >= 0.6 is 15.9 Å². The van der Waals surface area contributed by atoms with E-state index >= 15 is 0 Å². The highest BCUT2D eigenvalue weighted by Crippen LogP contribution is 2.20. The van der Waals surface area contributed by atoms with E-state index in [0.29, 0.717) is 4.47 Å². The van der Waals surface area contributed by atoms with Gasteiger partial charge in [-0.15, -0.1) is 0 Å². The average Bonchev–Trinajstić information content (AvgIpc) is 2.86. The van der Waals surface area contributed by atoms with Crippen LogP contribution in [0.25, 0.3) is 0 Å². The molecule has 0 amide bonds. The van der Waals surface area contributed by atoms with Crippen molar-refractivity contribution in [1.29, 1.82) is 0 Å². The van der Waals surface area contributed by atoms with Gasteiger partial charge in [-0.2, -0.15) is 0 Å². The first kappa shape index (κ1) is 15.5. The summed E-state index contributed by atoms with van der Waals surface area (Å²) in [6, 6.07) is 0.256. The second-order valence-corrected chi connectivity index (χ2v) is 5.79. The lowest BCUT2D eigenvalue weighted by atomic mass is 9.89. The lowest BCUT2D eigenvalue weighted by molar-refractivity contribution is -0.143. The SMILES string of the molecule is C[C@@]1(COC(=O)c2cc(Br)c[nH]2)NC=N[C@@H](C(=O)O)[C@H]1O. The summed E-state index contributed by atoms with van der Waals surface area (Å²) >= 11 is 3.20. The number of nitrogens with one attached hydrogen (secondary N) is 2. The van der Waals surface area contributed by atoms with Crippen LogP contribution in [-0.4, -0.2) is 57.8 Å². The Kier molecular flexibility index (Phi) is 4.33. The summed E-state index contributed by atoms with van der Waals surface area (Å²) in [5.41, 5.74) is -0.885. The number of aliphatic hydroxyl groups excluding tert-OH is 1. The largest absolute Gasteiger partial charge is 0.480 e. The van der Waals surface area contributed by atoms with Gasteiger partial charge < -0.3 is 25.3 Å². The summed E-state index contributed by atoms with van der Waals surface area (Å²) in [7, 11) is 0. The molecule has 1 aromatic rings. The van der Waals surface area contributed by atoms with Gasteiger partial charge in [-0.25, -0.2) is 9.59 Å². The van der Waals surface area contributed by atoms with Gasteiger partial charge in [-0.1, -0.05) is 0 Å². The van der Waals surface area contributed by atoms with E-state index in [1.54, 1.807) is 19.2 Å². The Hall–Kier alpha value is -1.87. The summed E-state index contributed by atoms with van der Waals surface area (Å²) in [6.07, 6.45) is 1.45. The smallest absolute Gasteiger partial charge is 0.354 e. The molecule has 9 heteroatoms. The third kappa shape index (κ3) is 3.24. The zero-order valence-electron chi connectivity index (χ0n) is 11.0. The number of carbonyl (C=O) groups is 2. The molecule has 8 nitrogen and oxygen atoms in total. The fraction of sp³-hybridized carbons (Fsp3) is 0.417. The van der Waals surface area contributed by atoms with Crippen molar-refractivity contribution in [3.05, 3.63) is 22.4 Å². The predicted molar refractivity (Wildman–Crippen MR) is 76.2 cm³/mol. The van der Waals surface area contributed by atoms with Crippen LogP contribution in [0.1, 0.15) is 17.4 Å². The van der Waals surface area contributed by atoms with Gasteiger partial charge in [-0.3, -0.25) is 4.99 Å². The third-order valence-corrected chi connectivity index (χ3v) is 3.66. The number of carbonyl (C=O) groups excluding carboxylic acids is 1. The van der Waals surface area contributed by atoms with Crippen molar-refractivity contribution in [2.24, 2.45) is 4.99 Å². The first-order valence-electron chi connectivity index (χ1n) is 6.05. The number of aromatic nitrogens is 1.